The Bertz CT molecular complexity index is 3780. The molecule has 5 heteroatoms. The second-order valence-electron chi connectivity index (χ2n) is 27.8. The van der Waals surface area contributed by atoms with Gasteiger partial charge in [0.2, 0.25) is 0 Å². The first-order valence-electron chi connectivity index (χ1n) is 28.6. The molecular formula is C72H76BN3S. The third kappa shape index (κ3) is 7.56. The van der Waals surface area contributed by atoms with Crippen LogP contribution >= 0.6 is 11.3 Å². The van der Waals surface area contributed by atoms with Gasteiger partial charge in [0.25, 0.3) is 6.71 Å². The second-order valence-corrected chi connectivity index (χ2v) is 28.8. The van der Waals surface area contributed by atoms with E-state index in [1.807, 2.05) is 11.3 Å². The van der Waals surface area contributed by atoms with Gasteiger partial charge in [-0.25, -0.2) is 0 Å². The predicted molar refractivity (Wildman–Crippen MR) is 336 cm³/mol. The number of anilines is 8. The Kier molecular flexibility index (Phi) is 11.0. The first-order chi connectivity index (χ1) is 36.5. The monoisotopic (exact) mass is 1030 g/mol. The molecule has 2 atom stereocenters. The molecule has 0 N–H and O–H groups in total. The molecule has 13 rings (SSSR count). The van der Waals surface area contributed by atoms with E-state index in [0.717, 1.165) is 23.5 Å². The third-order valence-electron chi connectivity index (χ3n) is 18.8. The van der Waals surface area contributed by atoms with Gasteiger partial charge in [-0.05, 0) is 157 Å². The predicted octanol–water partition coefficient (Wildman–Crippen LogP) is 18.7. The van der Waals surface area contributed by atoms with E-state index in [4.69, 9.17) is 0 Å². The molecule has 8 aromatic carbocycles. The molecule has 1 aromatic heterocycles. The molecule has 3 nitrogen and oxygen atoms in total. The molecule has 0 saturated heterocycles. The van der Waals surface area contributed by atoms with Crippen molar-refractivity contribution in [3.05, 3.63) is 186 Å². The van der Waals surface area contributed by atoms with Crippen molar-refractivity contribution in [3.63, 3.8) is 0 Å². The highest BCUT2D eigenvalue weighted by molar-refractivity contribution is 7.28. The van der Waals surface area contributed by atoms with Gasteiger partial charge in [0.05, 0.1) is 16.9 Å². The van der Waals surface area contributed by atoms with Gasteiger partial charge in [0, 0.05) is 59.9 Å². The van der Waals surface area contributed by atoms with Crippen molar-refractivity contribution in [2.24, 2.45) is 0 Å². The van der Waals surface area contributed by atoms with Gasteiger partial charge < -0.3 is 14.7 Å². The number of benzene rings is 8. The summed E-state index contributed by atoms with van der Waals surface area (Å²) in [5, 5.41) is 2.69. The molecule has 0 spiro atoms. The average molecular weight is 1030 g/mol. The van der Waals surface area contributed by atoms with Crippen LogP contribution in [0.25, 0.3) is 31.3 Å². The summed E-state index contributed by atoms with van der Waals surface area (Å²) in [6.07, 6.45) is 4.76. The number of hydrogen-bond acceptors (Lipinski definition) is 4. The van der Waals surface area contributed by atoms with Crippen molar-refractivity contribution in [2.75, 3.05) is 14.7 Å². The van der Waals surface area contributed by atoms with Gasteiger partial charge in [-0.15, -0.1) is 11.3 Å². The molecule has 0 bridgehead atoms. The van der Waals surface area contributed by atoms with Crippen LogP contribution in [0, 0.1) is 0 Å². The lowest BCUT2D eigenvalue weighted by molar-refractivity contribution is 0.195. The lowest BCUT2D eigenvalue weighted by Gasteiger charge is -2.53. The minimum absolute atomic E-state index is 0.0173. The Morgan fingerprint density at radius 2 is 1.05 bits per heavy atom. The molecule has 3 aliphatic heterocycles. The number of nitrogens with zero attached hydrogens (tertiary/aromatic N) is 3. The minimum atomic E-state index is -0.165. The maximum absolute atomic E-state index is 2.93. The van der Waals surface area contributed by atoms with Crippen molar-refractivity contribution in [1.29, 1.82) is 0 Å². The van der Waals surface area contributed by atoms with Gasteiger partial charge in [0.15, 0.2) is 0 Å². The Balaban J connectivity index is 1.21. The van der Waals surface area contributed by atoms with E-state index in [0.29, 0.717) is 0 Å². The summed E-state index contributed by atoms with van der Waals surface area (Å²) in [4.78, 5) is 8.21. The van der Waals surface area contributed by atoms with Crippen LogP contribution in [0.15, 0.2) is 158 Å². The minimum Gasteiger partial charge on any atom is -0.335 e. The molecule has 388 valence electrons. The molecule has 2 unspecified atom stereocenters. The molecular weight excluding hydrogens is 950 g/mol. The summed E-state index contributed by atoms with van der Waals surface area (Å²) in [6, 6.07) is 62.1. The Morgan fingerprint density at radius 3 is 1.69 bits per heavy atom. The number of hydrogen-bond donors (Lipinski definition) is 0. The van der Waals surface area contributed by atoms with Crippen molar-refractivity contribution >= 4 is 100 Å². The maximum Gasteiger partial charge on any atom is 0.254 e. The fourth-order valence-electron chi connectivity index (χ4n) is 14.1. The molecule has 77 heavy (non-hydrogen) atoms. The van der Waals surface area contributed by atoms with Gasteiger partial charge in [-0.2, -0.15) is 0 Å². The zero-order valence-electron chi connectivity index (χ0n) is 48.2. The van der Waals surface area contributed by atoms with E-state index >= 15 is 0 Å². The highest BCUT2D eigenvalue weighted by atomic mass is 32.1. The van der Waals surface area contributed by atoms with Crippen LogP contribution in [0.3, 0.4) is 0 Å². The smallest absolute Gasteiger partial charge is 0.254 e. The normalized spacial score (nSPS) is 18.9. The Labute approximate surface area is 464 Å². The third-order valence-corrected chi connectivity index (χ3v) is 20.0. The lowest BCUT2D eigenvalue weighted by Crippen LogP contribution is -2.64. The summed E-state index contributed by atoms with van der Waals surface area (Å²) < 4.78 is 2.73. The average Bonchev–Trinajstić information content (AvgIpc) is 3.03. The zero-order valence-corrected chi connectivity index (χ0v) is 49.0. The number of fused-ring (bicyclic) bond motifs is 11. The van der Waals surface area contributed by atoms with Crippen molar-refractivity contribution in [3.8, 4) is 11.1 Å². The van der Waals surface area contributed by atoms with E-state index in [1.165, 1.54) is 118 Å². The first-order valence-corrected chi connectivity index (χ1v) is 29.4. The summed E-state index contributed by atoms with van der Waals surface area (Å²) >= 11 is 1.99. The SMILES string of the molecule is CC(C)(C)c1ccc(N(c2ccc(C(C)(C)C)cc2)c2cc3c4c(c2)N2c5c(cc(C(C)(C)C)cc5C5(C)CCCCC25C)B4c2c(ccc4c2sc2ccccc24)N3c2ccc(C(C)(C)C)cc2-c2ccccc2)cc1. The molecule has 4 aliphatic rings. The fraction of sp³-hybridized carbons (Fsp3) is 0.333. The standard InChI is InChI=1S/C72H76BN3S/c1-67(2,3)46-26-31-50(32-27-46)74(51-33-28-47(29-34-51)68(4,5)6)52-43-60-63-61(44-52)76-65-56(71(13)38-20-21-39-72(71,76)14)41-49(70(10,11)12)42-57(65)73(63)64-59(37-35-54-53-24-18-19-25-62(53)77-66(54)64)75(60)58-36-30-48(69(7,8)9)40-55(58)45-22-16-15-17-23-45/h15-19,22-37,40-44H,20-21,38-39H2,1-14H3. The fourth-order valence-corrected chi connectivity index (χ4v) is 15.4. The highest BCUT2D eigenvalue weighted by Gasteiger charge is 2.62. The van der Waals surface area contributed by atoms with Crippen LogP contribution < -0.4 is 31.1 Å². The van der Waals surface area contributed by atoms with Gasteiger partial charge in [0.1, 0.15) is 0 Å². The molecule has 1 saturated carbocycles. The number of thiophene rings is 1. The van der Waals surface area contributed by atoms with E-state index in [-0.39, 0.29) is 39.3 Å². The van der Waals surface area contributed by atoms with Crippen LogP contribution in [-0.4, -0.2) is 12.3 Å². The van der Waals surface area contributed by atoms with E-state index in [1.54, 1.807) is 5.56 Å². The highest BCUT2D eigenvalue weighted by Crippen LogP contribution is 2.63. The largest absolute Gasteiger partial charge is 0.335 e. The quantitative estimate of drug-likeness (QED) is 0.159. The van der Waals surface area contributed by atoms with Crippen LogP contribution in [0.5, 0.6) is 0 Å². The molecule has 0 amide bonds. The Morgan fingerprint density at radius 1 is 0.481 bits per heavy atom. The summed E-state index contributed by atoms with van der Waals surface area (Å²) in [6.45, 7) is 33.5. The molecule has 1 aliphatic carbocycles. The van der Waals surface area contributed by atoms with Gasteiger partial charge in [-0.3, -0.25) is 0 Å². The Hall–Kier alpha value is -6.56. The van der Waals surface area contributed by atoms with Crippen molar-refractivity contribution < 1.29 is 0 Å². The summed E-state index contributed by atoms with van der Waals surface area (Å²) in [7, 11) is 0. The lowest BCUT2D eigenvalue weighted by atomic mass is 9.33. The molecule has 0 radical (unpaired) electrons. The van der Waals surface area contributed by atoms with E-state index < -0.39 is 0 Å². The molecule has 1 fully saturated rings. The number of rotatable bonds is 5. The maximum atomic E-state index is 2.93. The summed E-state index contributed by atoms with van der Waals surface area (Å²) in [5.74, 6) is 0. The van der Waals surface area contributed by atoms with Crippen LogP contribution in [0.2, 0.25) is 0 Å². The molecule has 4 heterocycles. The van der Waals surface area contributed by atoms with E-state index in [9.17, 15) is 0 Å². The zero-order chi connectivity index (χ0) is 53.9. The van der Waals surface area contributed by atoms with Crippen molar-refractivity contribution in [1.82, 2.24) is 0 Å². The van der Waals surface area contributed by atoms with Crippen LogP contribution in [0.1, 0.15) is 150 Å². The van der Waals surface area contributed by atoms with Crippen LogP contribution in [0.4, 0.5) is 45.5 Å². The topological polar surface area (TPSA) is 9.72 Å². The van der Waals surface area contributed by atoms with E-state index in [2.05, 4.69) is 269 Å². The van der Waals surface area contributed by atoms with Gasteiger partial charge >= 0.3 is 0 Å². The summed E-state index contributed by atoms with van der Waals surface area (Å²) in [5.41, 5.74) is 23.4. The van der Waals surface area contributed by atoms with Gasteiger partial charge in [-0.1, -0.05) is 200 Å². The second kappa shape index (κ2) is 17.0. The van der Waals surface area contributed by atoms with Crippen LogP contribution in [-0.2, 0) is 27.1 Å². The first kappa shape index (κ1) is 50.0. The molecule has 9 aromatic rings. The van der Waals surface area contributed by atoms with Crippen molar-refractivity contribution in [2.45, 2.75) is 155 Å².